The number of carboxylic acids is 1. The lowest BCUT2D eigenvalue weighted by Gasteiger charge is -2.16. The van der Waals surface area contributed by atoms with Crippen molar-refractivity contribution in [2.75, 3.05) is 6.61 Å². The van der Waals surface area contributed by atoms with Crippen LogP contribution < -0.4 is 5.32 Å². The van der Waals surface area contributed by atoms with Crippen LogP contribution in [-0.4, -0.2) is 56.6 Å². The van der Waals surface area contributed by atoms with Crippen molar-refractivity contribution < 1.29 is 35.1 Å². The van der Waals surface area contributed by atoms with E-state index in [1.165, 1.54) is 6.92 Å². The summed E-state index contributed by atoms with van der Waals surface area (Å²) in [6, 6.07) is -1.31. The second kappa shape index (κ2) is 9.64. The predicted molar refractivity (Wildman–Crippen MR) is 61.1 cm³/mol. The predicted octanol–water partition coefficient (Wildman–Crippen LogP) is -0.491. The van der Waals surface area contributed by atoms with Crippen LogP contribution in [0.2, 0.25) is 0 Å². The highest BCUT2D eigenvalue weighted by molar-refractivity contribution is 5.83. The maximum atomic E-state index is 11.4. The van der Waals surface area contributed by atoms with Gasteiger partial charge in [-0.3, -0.25) is 20.0 Å². The molecule has 0 aliphatic heterocycles. The van der Waals surface area contributed by atoms with E-state index in [-0.39, 0.29) is 18.4 Å². The number of aliphatic carboxylic acids is 1. The zero-order chi connectivity index (χ0) is 14.8. The van der Waals surface area contributed by atoms with Crippen LogP contribution in [0.15, 0.2) is 0 Å². The molecule has 9 heteroatoms. The summed E-state index contributed by atoms with van der Waals surface area (Å²) in [5, 5.41) is 36.2. The average Bonchev–Trinajstić information content (AvgIpc) is 2.29. The highest BCUT2D eigenvalue weighted by atomic mass is 17.1. The molecule has 0 fully saturated rings. The van der Waals surface area contributed by atoms with E-state index < -0.39 is 24.0 Å². The number of carbonyl (C=O) groups is 2. The number of rotatable bonds is 10. The molecule has 0 radical (unpaired) electrons. The second-order valence-electron chi connectivity index (χ2n) is 4.02. The Morgan fingerprint density at radius 2 is 1.89 bits per heavy atom. The topological polar surface area (TPSA) is 140 Å². The van der Waals surface area contributed by atoms with Crippen molar-refractivity contribution >= 4 is 11.9 Å². The Bertz CT molecular complexity index is 283. The van der Waals surface area contributed by atoms with Gasteiger partial charge in [-0.15, -0.1) is 0 Å². The zero-order valence-electron chi connectivity index (χ0n) is 10.7. The molecule has 0 rings (SSSR count). The Balaban J connectivity index is 3.72. The molecule has 0 aromatic carbocycles. The lowest BCUT2D eigenvalue weighted by atomic mass is 10.1. The number of unbranched alkanes of at least 4 members (excludes halogenated alkanes) is 2. The van der Waals surface area contributed by atoms with Crippen LogP contribution in [-0.2, 0) is 14.4 Å². The smallest absolute Gasteiger partial charge is 0.328 e. The quantitative estimate of drug-likeness (QED) is 0.267. The molecule has 5 N–H and O–H groups in total. The Morgan fingerprint density at radius 3 is 2.37 bits per heavy atom. The number of aliphatic hydroxyl groups is 1. The lowest BCUT2D eigenvalue weighted by Crippen LogP contribution is -2.47. The van der Waals surface area contributed by atoms with Crippen molar-refractivity contribution in [3.63, 3.8) is 0 Å². The minimum Gasteiger partial charge on any atom is -0.480 e. The highest BCUT2D eigenvalue weighted by Crippen LogP contribution is 2.02. The summed E-state index contributed by atoms with van der Waals surface area (Å²) in [5.41, 5.74) is 0. The van der Waals surface area contributed by atoms with Crippen LogP contribution in [0.3, 0.4) is 0 Å². The number of nitrogens with zero attached hydrogens (tertiary/aromatic N) is 1. The first-order chi connectivity index (χ1) is 8.84. The first-order valence-electron chi connectivity index (χ1n) is 5.85. The minimum absolute atomic E-state index is 0.0973. The Kier molecular flexibility index (Phi) is 9.00. The van der Waals surface area contributed by atoms with Crippen molar-refractivity contribution in [3.05, 3.63) is 0 Å². The van der Waals surface area contributed by atoms with Gasteiger partial charge in [0.15, 0.2) is 6.04 Å². The van der Waals surface area contributed by atoms with Gasteiger partial charge in [-0.1, -0.05) is 6.42 Å². The molecule has 0 aromatic rings. The van der Waals surface area contributed by atoms with E-state index in [2.05, 4.69) is 10.2 Å². The van der Waals surface area contributed by atoms with Gasteiger partial charge in [-0.05, 0) is 19.8 Å². The van der Waals surface area contributed by atoms with Crippen molar-refractivity contribution in [1.82, 2.24) is 10.7 Å². The zero-order valence-corrected chi connectivity index (χ0v) is 10.7. The third-order valence-corrected chi connectivity index (χ3v) is 2.32. The number of hydrogen-bond donors (Lipinski definition) is 5. The standard InChI is InChI=1S/C10H20N2O7/c1-7(13)9(10(15)16)11-8(14)5-3-2-4-6-19-12(17)18/h7,9,13,17-18H,2-6H2,1H3,(H,11,14)(H,15,16). The van der Waals surface area contributed by atoms with Crippen LogP contribution in [0, 0.1) is 0 Å². The summed E-state index contributed by atoms with van der Waals surface area (Å²) in [6.07, 6.45) is 0.573. The van der Waals surface area contributed by atoms with E-state index in [0.29, 0.717) is 19.3 Å². The van der Waals surface area contributed by atoms with Gasteiger partial charge in [-0.25, -0.2) is 4.79 Å². The Morgan fingerprint density at radius 1 is 1.26 bits per heavy atom. The fourth-order valence-electron chi connectivity index (χ4n) is 1.34. The fraction of sp³-hybridized carbons (Fsp3) is 0.800. The van der Waals surface area contributed by atoms with Gasteiger partial charge < -0.3 is 15.5 Å². The number of amides is 1. The summed E-state index contributed by atoms with van der Waals surface area (Å²) >= 11 is 0. The number of carboxylic acid groups (broad SMARTS) is 1. The fourth-order valence-corrected chi connectivity index (χ4v) is 1.34. The molecule has 0 saturated carbocycles. The average molecular weight is 280 g/mol. The molecule has 19 heavy (non-hydrogen) atoms. The lowest BCUT2D eigenvalue weighted by molar-refractivity contribution is -0.492. The van der Waals surface area contributed by atoms with E-state index >= 15 is 0 Å². The van der Waals surface area contributed by atoms with Gasteiger partial charge in [-0.2, -0.15) is 0 Å². The molecular weight excluding hydrogens is 260 g/mol. The van der Waals surface area contributed by atoms with Gasteiger partial charge in [0.05, 0.1) is 18.1 Å². The second-order valence-corrected chi connectivity index (χ2v) is 4.02. The maximum Gasteiger partial charge on any atom is 0.328 e. The van der Waals surface area contributed by atoms with Crippen molar-refractivity contribution in [1.29, 1.82) is 0 Å². The molecule has 1 amide bonds. The molecule has 0 aromatic heterocycles. The third kappa shape index (κ3) is 9.33. The van der Waals surface area contributed by atoms with Gasteiger partial charge >= 0.3 is 5.97 Å². The first-order valence-corrected chi connectivity index (χ1v) is 5.85. The molecule has 2 unspecified atom stereocenters. The van der Waals surface area contributed by atoms with E-state index in [9.17, 15) is 9.59 Å². The molecular formula is C10H20N2O7. The molecule has 112 valence electrons. The largest absolute Gasteiger partial charge is 0.480 e. The van der Waals surface area contributed by atoms with Crippen LogP contribution in [0.1, 0.15) is 32.6 Å². The van der Waals surface area contributed by atoms with Crippen molar-refractivity contribution in [2.45, 2.75) is 44.8 Å². The number of aliphatic hydroxyl groups excluding tert-OH is 1. The molecule has 2 atom stereocenters. The van der Waals surface area contributed by atoms with E-state index in [1.54, 1.807) is 0 Å². The minimum atomic E-state index is -1.31. The summed E-state index contributed by atoms with van der Waals surface area (Å²) < 4.78 is 0. The monoisotopic (exact) mass is 280 g/mol. The third-order valence-electron chi connectivity index (χ3n) is 2.32. The summed E-state index contributed by atoms with van der Waals surface area (Å²) in [6.45, 7) is 1.38. The molecule has 0 aliphatic rings. The van der Waals surface area contributed by atoms with Crippen LogP contribution in [0.4, 0.5) is 0 Å². The molecule has 9 nitrogen and oxygen atoms in total. The normalized spacial score (nSPS) is 14.2. The number of hydrogen-bond acceptors (Lipinski definition) is 7. The summed E-state index contributed by atoms with van der Waals surface area (Å²) in [4.78, 5) is 26.4. The number of carbonyl (C=O) groups excluding carboxylic acids is 1. The van der Waals surface area contributed by atoms with E-state index in [0.717, 1.165) is 0 Å². The highest BCUT2D eigenvalue weighted by Gasteiger charge is 2.24. The van der Waals surface area contributed by atoms with Crippen molar-refractivity contribution in [2.24, 2.45) is 0 Å². The molecule has 0 spiro atoms. The molecule has 0 heterocycles. The maximum absolute atomic E-state index is 11.4. The molecule has 0 bridgehead atoms. The van der Waals surface area contributed by atoms with Crippen molar-refractivity contribution in [3.8, 4) is 0 Å². The SMILES string of the molecule is CC(O)C(NC(=O)CCCCCON(O)O)C(=O)O. The van der Waals surface area contributed by atoms with Crippen LogP contribution >= 0.6 is 0 Å². The van der Waals surface area contributed by atoms with Gasteiger partial charge in [0.1, 0.15) is 0 Å². The Labute approximate surface area is 110 Å². The molecule has 0 aliphatic carbocycles. The Hall–Kier alpha value is -1.26. The molecule has 0 saturated heterocycles. The van der Waals surface area contributed by atoms with Gasteiger partial charge in [0.2, 0.25) is 5.91 Å². The first kappa shape index (κ1) is 17.7. The van der Waals surface area contributed by atoms with Crippen LogP contribution in [0.25, 0.3) is 0 Å². The summed E-state index contributed by atoms with van der Waals surface area (Å²) in [7, 11) is 0. The van der Waals surface area contributed by atoms with Crippen LogP contribution in [0.5, 0.6) is 0 Å². The summed E-state index contributed by atoms with van der Waals surface area (Å²) in [5.74, 6) is -1.75. The van der Waals surface area contributed by atoms with Gasteiger partial charge in [0.25, 0.3) is 0 Å². The van der Waals surface area contributed by atoms with E-state index in [1.807, 2.05) is 0 Å². The van der Waals surface area contributed by atoms with E-state index in [4.69, 9.17) is 20.6 Å². The van der Waals surface area contributed by atoms with Gasteiger partial charge in [0, 0.05) is 6.42 Å². The number of nitrogens with one attached hydrogen (secondary N) is 1.